The molecule has 2 aromatic carbocycles. The number of carboxylic acid groups (broad SMARTS) is 1. The lowest BCUT2D eigenvalue weighted by molar-refractivity contribution is -0.274. The van der Waals surface area contributed by atoms with Crippen molar-refractivity contribution in [2.45, 2.75) is 26.6 Å². The van der Waals surface area contributed by atoms with Crippen molar-refractivity contribution >= 4 is 40.3 Å². The summed E-state index contributed by atoms with van der Waals surface area (Å²) in [6.07, 6.45) is -5.11. The lowest BCUT2D eigenvalue weighted by Crippen LogP contribution is -2.32. The Bertz CT molecular complexity index is 1300. The van der Waals surface area contributed by atoms with Crippen molar-refractivity contribution in [3.05, 3.63) is 58.2 Å². The fourth-order valence-electron chi connectivity index (χ4n) is 3.48. The number of aliphatic carboxylic acids is 1. The molecule has 0 fully saturated rings. The Morgan fingerprint density at radius 2 is 1.80 bits per heavy atom. The number of benzene rings is 2. The second-order valence-corrected chi connectivity index (χ2v) is 8.22. The van der Waals surface area contributed by atoms with E-state index in [-0.39, 0.29) is 34.8 Å². The predicted molar refractivity (Wildman–Crippen MR) is 120 cm³/mol. The first-order valence-electron chi connectivity index (χ1n) is 10.2. The van der Waals surface area contributed by atoms with E-state index in [0.29, 0.717) is 16.6 Å². The maximum atomic E-state index is 13.3. The number of alkyl halides is 3. The van der Waals surface area contributed by atoms with Gasteiger partial charge in [-0.2, -0.15) is 0 Å². The van der Waals surface area contributed by atoms with E-state index in [1.165, 1.54) is 23.6 Å². The van der Waals surface area contributed by atoms with Crippen molar-refractivity contribution in [2.75, 3.05) is 6.54 Å². The van der Waals surface area contributed by atoms with Crippen LogP contribution in [0.2, 0.25) is 5.02 Å². The molecule has 1 aromatic heterocycles. The molecule has 3 N–H and O–H groups in total. The van der Waals surface area contributed by atoms with Gasteiger partial charge in [0.25, 0.3) is 5.91 Å². The molecule has 0 saturated heterocycles. The Balaban J connectivity index is 1.99. The van der Waals surface area contributed by atoms with Gasteiger partial charge >= 0.3 is 12.3 Å². The van der Waals surface area contributed by atoms with Crippen LogP contribution in [-0.4, -0.2) is 45.5 Å². The molecule has 0 spiro atoms. The van der Waals surface area contributed by atoms with Crippen LogP contribution in [0.25, 0.3) is 10.9 Å². The summed E-state index contributed by atoms with van der Waals surface area (Å²) in [6, 6.07) is 6.97. The third-order valence-electron chi connectivity index (χ3n) is 5.31. The standard InChI is InChI=1S/C23H20ClF3N2O6/c1-11(22(33)34)10-28-20(31)8-15-12(2)29(18-9-17(24)19(30)7-16(15)18)21(32)13-3-5-14(6-4-13)35-23(25,26)27/h3-7,9,11,30H,8,10H2,1-2H3,(H,28,31)(H,33,34). The third kappa shape index (κ3) is 5.86. The van der Waals surface area contributed by atoms with Crippen LogP contribution in [0, 0.1) is 12.8 Å². The van der Waals surface area contributed by atoms with E-state index < -0.39 is 35.8 Å². The number of hydrogen-bond acceptors (Lipinski definition) is 5. The maximum Gasteiger partial charge on any atom is 0.573 e. The Hall–Kier alpha value is -3.73. The summed E-state index contributed by atoms with van der Waals surface area (Å²) in [5.41, 5.74) is 1.03. The summed E-state index contributed by atoms with van der Waals surface area (Å²) in [7, 11) is 0. The van der Waals surface area contributed by atoms with Crippen LogP contribution in [-0.2, 0) is 16.0 Å². The number of carboxylic acids is 1. The monoisotopic (exact) mass is 512 g/mol. The highest BCUT2D eigenvalue weighted by atomic mass is 35.5. The van der Waals surface area contributed by atoms with Gasteiger partial charge in [-0.15, -0.1) is 13.2 Å². The normalized spacial score (nSPS) is 12.4. The molecule has 1 unspecified atom stereocenters. The lowest BCUT2D eigenvalue weighted by Gasteiger charge is -2.11. The van der Waals surface area contributed by atoms with Crippen LogP contribution in [0.1, 0.15) is 28.5 Å². The number of halogens is 4. The van der Waals surface area contributed by atoms with E-state index in [1.54, 1.807) is 6.92 Å². The average molecular weight is 513 g/mol. The fraction of sp³-hybridized carbons (Fsp3) is 0.261. The number of nitrogens with one attached hydrogen (secondary N) is 1. The fourth-order valence-corrected chi connectivity index (χ4v) is 3.64. The number of nitrogens with zero attached hydrogens (tertiary/aromatic N) is 1. The van der Waals surface area contributed by atoms with E-state index in [2.05, 4.69) is 10.1 Å². The third-order valence-corrected chi connectivity index (χ3v) is 5.61. The summed E-state index contributed by atoms with van der Waals surface area (Å²) in [4.78, 5) is 36.8. The van der Waals surface area contributed by atoms with Crippen LogP contribution in [0.3, 0.4) is 0 Å². The van der Waals surface area contributed by atoms with Gasteiger partial charge < -0.3 is 20.3 Å². The summed E-state index contributed by atoms with van der Waals surface area (Å²) < 4.78 is 42.3. The van der Waals surface area contributed by atoms with E-state index in [4.69, 9.17) is 16.7 Å². The Labute approximate surface area is 201 Å². The predicted octanol–water partition coefficient (Wildman–Crippen LogP) is 4.28. The quantitative estimate of drug-likeness (QED) is 0.435. The molecule has 0 radical (unpaired) electrons. The van der Waals surface area contributed by atoms with Crippen molar-refractivity contribution in [3.8, 4) is 11.5 Å². The molecule has 1 atom stereocenters. The van der Waals surface area contributed by atoms with Crippen LogP contribution >= 0.6 is 11.6 Å². The smallest absolute Gasteiger partial charge is 0.506 e. The first kappa shape index (κ1) is 25.9. The molecule has 0 saturated carbocycles. The second-order valence-electron chi connectivity index (χ2n) is 7.82. The summed E-state index contributed by atoms with van der Waals surface area (Å²) in [5, 5.41) is 21.9. The van der Waals surface area contributed by atoms with E-state index >= 15 is 0 Å². The van der Waals surface area contributed by atoms with Gasteiger partial charge in [-0.25, -0.2) is 0 Å². The molecular formula is C23H20ClF3N2O6. The molecule has 0 aliphatic heterocycles. The van der Waals surface area contributed by atoms with Crippen molar-refractivity contribution in [1.29, 1.82) is 0 Å². The molecule has 8 nitrogen and oxygen atoms in total. The topological polar surface area (TPSA) is 118 Å². The Morgan fingerprint density at radius 1 is 1.17 bits per heavy atom. The van der Waals surface area contributed by atoms with Crippen LogP contribution in [0.5, 0.6) is 11.5 Å². The Morgan fingerprint density at radius 3 is 2.37 bits per heavy atom. The molecule has 1 amide bonds. The molecule has 0 aliphatic carbocycles. The number of aromatic hydroxyl groups is 1. The maximum absolute atomic E-state index is 13.3. The van der Waals surface area contributed by atoms with Gasteiger partial charge in [0.2, 0.25) is 5.91 Å². The minimum Gasteiger partial charge on any atom is -0.506 e. The zero-order chi connectivity index (χ0) is 26.1. The first-order chi connectivity index (χ1) is 16.3. The van der Waals surface area contributed by atoms with Crippen LogP contribution in [0.4, 0.5) is 13.2 Å². The van der Waals surface area contributed by atoms with E-state index in [0.717, 1.165) is 24.3 Å². The molecule has 3 aromatic rings. The van der Waals surface area contributed by atoms with Gasteiger partial charge in [0, 0.05) is 23.2 Å². The number of fused-ring (bicyclic) bond motifs is 1. The molecular weight excluding hydrogens is 493 g/mol. The molecule has 0 bridgehead atoms. The molecule has 186 valence electrons. The summed E-state index contributed by atoms with van der Waals surface area (Å²) in [5.74, 6) is -3.78. The summed E-state index contributed by atoms with van der Waals surface area (Å²) in [6.45, 7) is 2.89. The van der Waals surface area contributed by atoms with Gasteiger partial charge in [0.15, 0.2) is 0 Å². The highest BCUT2D eigenvalue weighted by Crippen LogP contribution is 2.35. The van der Waals surface area contributed by atoms with E-state index in [1.807, 2.05) is 0 Å². The number of carbonyl (C=O) groups excluding carboxylic acids is 2. The molecule has 3 rings (SSSR count). The number of phenols is 1. The number of carbonyl (C=O) groups is 3. The largest absolute Gasteiger partial charge is 0.573 e. The van der Waals surface area contributed by atoms with Crippen molar-refractivity contribution in [2.24, 2.45) is 5.92 Å². The number of rotatable bonds is 7. The van der Waals surface area contributed by atoms with E-state index in [9.17, 15) is 32.7 Å². The number of aromatic nitrogens is 1. The molecule has 35 heavy (non-hydrogen) atoms. The highest BCUT2D eigenvalue weighted by molar-refractivity contribution is 6.33. The van der Waals surface area contributed by atoms with Gasteiger partial charge in [0.1, 0.15) is 11.5 Å². The second kappa shape index (κ2) is 9.87. The molecule has 12 heteroatoms. The lowest BCUT2D eigenvalue weighted by atomic mass is 10.1. The minimum atomic E-state index is -4.88. The summed E-state index contributed by atoms with van der Waals surface area (Å²) >= 11 is 6.04. The minimum absolute atomic E-state index is 0.0370. The van der Waals surface area contributed by atoms with Crippen molar-refractivity contribution in [3.63, 3.8) is 0 Å². The number of hydrogen-bond donors (Lipinski definition) is 3. The zero-order valence-corrected chi connectivity index (χ0v) is 19.2. The number of ether oxygens (including phenoxy) is 1. The van der Waals surface area contributed by atoms with Crippen LogP contribution < -0.4 is 10.1 Å². The van der Waals surface area contributed by atoms with Gasteiger partial charge in [-0.3, -0.25) is 19.0 Å². The van der Waals surface area contributed by atoms with Crippen molar-refractivity contribution < 1.29 is 42.5 Å². The number of phenolic OH excluding ortho intramolecular Hbond substituents is 1. The average Bonchev–Trinajstić information content (AvgIpc) is 3.01. The number of amides is 1. The molecule has 0 aliphatic rings. The highest BCUT2D eigenvalue weighted by Gasteiger charge is 2.31. The van der Waals surface area contributed by atoms with Crippen molar-refractivity contribution in [1.82, 2.24) is 9.88 Å². The zero-order valence-electron chi connectivity index (χ0n) is 18.4. The SMILES string of the molecule is Cc1c(CC(=O)NCC(C)C(=O)O)c2cc(O)c(Cl)cc2n1C(=O)c1ccc(OC(F)(F)F)cc1. The van der Waals surface area contributed by atoms with Gasteiger partial charge in [0.05, 0.1) is 22.9 Å². The Kier molecular flexibility index (Phi) is 7.30. The van der Waals surface area contributed by atoms with Crippen LogP contribution in [0.15, 0.2) is 36.4 Å². The first-order valence-corrected chi connectivity index (χ1v) is 10.6. The van der Waals surface area contributed by atoms with Gasteiger partial charge in [-0.05, 0) is 48.9 Å². The molecule has 1 heterocycles. The van der Waals surface area contributed by atoms with Gasteiger partial charge in [-0.1, -0.05) is 18.5 Å².